The van der Waals surface area contributed by atoms with E-state index in [1.165, 1.54) is 23.9 Å². The molecular weight excluding hydrogens is 269 g/mol. The summed E-state index contributed by atoms with van der Waals surface area (Å²) in [4.78, 5) is 24.9. The Bertz CT molecular complexity index is 517. The SMILES string of the molecule is CN(C(=O)CSc1ccc(F)c(C(=O)O)c1)C1CC1. The molecule has 0 radical (unpaired) electrons. The number of hydrogen-bond acceptors (Lipinski definition) is 3. The summed E-state index contributed by atoms with van der Waals surface area (Å²) in [6.07, 6.45) is 2.10. The first-order valence-corrected chi connectivity index (χ1v) is 6.89. The Morgan fingerprint density at radius 3 is 2.74 bits per heavy atom. The normalized spacial score (nSPS) is 14.2. The number of amides is 1. The van der Waals surface area contributed by atoms with Crippen LogP contribution in [0.3, 0.4) is 0 Å². The number of carbonyl (C=O) groups is 2. The number of thioether (sulfide) groups is 1. The quantitative estimate of drug-likeness (QED) is 0.842. The largest absolute Gasteiger partial charge is 0.478 e. The lowest BCUT2D eigenvalue weighted by Gasteiger charge is -2.15. The fourth-order valence-electron chi connectivity index (χ4n) is 1.67. The van der Waals surface area contributed by atoms with Gasteiger partial charge in [-0.15, -0.1) is 11.8 Å². The monoisotopic (exact) mass is 283 g/mol. The molecule has 0 aromatic heterocycles. The Hall–Kier alpha value is -1.56. The number of carboxylic acid groups (broad SMARTS) is 1. The first-order valence-electron chi connectivity index (χ1n) is 5.90. The topological polar surface area (TPSA) is 57.6 Å². The molecule has 0 saturated heterocycles. The summed E-state index contributed by atoms with van der Waals surface area (Å²) in [5, 5.41) is 8.81. The molecule has 0 spiro atoms. The van der Waals surface area contributed by atoms with Crippen molar-refractivity contribution in [2.75, 3.05) is 12.8 Å². The predicted molar refractivity (Wildman–Crippen MR) is 69.9 cm³/mol. The summed E-state index contributed by atoms with van der Waals surface area (Å²) in [6, 6.07) is 4.21. The Kier molecular flexibility index (Phi) is 4.09. The number of hydrogen-bond donors (Lipinski definition) is 1. The van der Waals surface area contributed by atoms with Crippen molar-refractivity contribution in [1.82, 2.24) is 4.90 Å². The van der Waals surface area contributed by atoms with Crippen molar-refractivity contribution in [3.63, 3.8) is 0 Å². The van der Waals surface area contributed by atoms with Gasteiger partial charge in [0.25, 0.3) is 0 Å². The van der Waals surface area contributed by atoms with E-state index in [-0.39, 0.29) is 17.2 Å². The average Bonchev–Trinajstić information content (AvgIpc) is 3.20. The van der Waals surface area contributed by atoms with Crippen molar-refractivity contribution < 1.29 is 19.1 Å². The zero-order chi connectivity index (χ0) is 14.0. The van der Waals surface area contributed by atoms with Gasteiger partial charge in [0.2, 0.25) is 5.91 Å². The number of halogens is 1. The minimum Gasteiger partial charge on any atom is -0.478 e. The van der Waals surface area contributed by atoms with Gasteiger partial charge >= 0.3 is 5.97 Å². The average molecular weight is 283 g/mol. The number of aromatic carboxylic acids is 1. The van der Waals surface area contributed by atoms with Crippen LogP contribution >= 0.6 is 11.8 Å². The third-order valence-electron chi connectivity index (χ3n) is 3.02. The van der Waals surface area contributed by atoms with Gasteiger partial charge in [0.15, 0.2) is 0 Å². The highest BCUT2D eigenvalue weighted by molar-refractivity contribution is 8.00. The van der Waals surface area contributed by atoms with Crippen LogP contribution in [0.5, 0.6) is 0 Å². The minimum absolute atomic E-state index is 0.00806. The zero-order valence-electron chi connectivity index (χ0n) is 10.4. The Morgan fingerprint density at radius 1 is 1.47 bits per heavy atom. The summed E-state index contributed by atoms with van der Waals surface area (Å²) < 4.78 is 13.2. The molecule has 0 heterocycles. The van der Waals surface area contributed by atoms with Crippen molar-refractivity contribution in [3.8, 4) is 0 Å². The van der Waals surface area contributed by atoms with Crippen LogP contribution in [0.2, 0.25) is 0 Å². The summed E-state index contributed by atoms with van der Waals surface area (Å²) in [6.45, 7) is 0. The van der Waals surface area contributed by atoms with Crippen molar-refractivity contribution in [2.24, 2.45) is 0 Å². The van der Waals surface area contributed by atoms with E-state index < -0.39 is 11.8 Å². The van der Waals surface area contributed by atoms with Gasteiger partial charge in [-0.05, 0) is 31.0 Å². The number of benzene rings is 1. The van der Waals surface area contributed by atoms with Gasteiger partial charge in [0.05, 0.1) is 11.3 Å². The molecule has 1 fully saturated rings. The molecule has 6 heteroatoms. The molecule has 1 aromatic rings. The smallest absolute Gasteiger partial charge is 0.338 e. The van der Waals surface area contributed by atoms with Crippen molar-refractivity contribution in [1.29, 1.82) is 0 Å². The molecule has 1 saturated carbocycles. The summed E-state index contributed by atoms with van der Waals surface area (Å²) in [5.41, 5.74) is -0.368. The zero-order valence-corrected chi connectivity index (χ0v) is 11.2. The molecule has 4 nitrogen and oxygen atoms in total. The van der Waals surface area contributed by atoms with Gasteiger partial charge in [-0.2, -0.15) is 0 Å². The first-order chi connectivity index (χ1) is 8.99. The Morgan fingerprint density at radius 2 is 2.16 bits per heavy atom. The molecule has 102 valence electrons. The molecule has 1 aromatic carbocycles. The van der Waals surface area contributed by atoms with E-state index in [1.807, 2.05) is 0 Å². The Labute approximate surface area is 114 Å². The lowest BCUT2D eigenvalue weighted by molar-refractivity contribution is -0.127. The molecule has 1 aliphatic rings. The van der Waals surface area contributed by atoms with Crippen LogP contribution in [0.25, 0.3) is 0 Å². The van der Waals surface area contributed by atoms with Gasteiger partial charge in [-0.1, -0.05) is 0 Å². The summed E-state index contributed by atoms with van der Waals surface area (Å²) >= 11 is 1.22. The van der Waals surface area contributed by atoms with Crippen LogP contribution in [0, 0.1) is 5.82 Å². The Balaban J connectivity index is 1.97. The molecular formula is C13H14FNO3S. The van der Waals surface area contributed by atoms with Crippen LogP contribution in [0.1, 0.15) is 23.2 Å². The van der Waals surface area contributed by atoms with E-state index in [2.05, 4.69) is 0 Å². The molecule has 2 rings (SSSR count). The number of carbonyl (C=O) groups excluding carboxylic acids is 1. The maximum atomic E-state index is 13.2. The number of nitrogens with zero attached hydrogens (tertiary/aromatic N) is 1. The highest BCUT2D eigenvalue weighted by Gasteiger charge is 2.29. The lowest BCUT2D eigenvalue weighted by Crippen LogP contribution is -2.30. The fourth-order valence-corrected chi connectivity index (χ4v) is 2.53. The summed E-state index contributed by atoms with van der Waals surface area (Å²) in [5.74, 6) is -1.83. The second-order valence-electron chi connectivity index (χ2n) is 4.47. The fraction of sp³-hybridized carbons (Fsp3) is 0.385. The van der Waals surface area contributed by atoms with E-state index >= 15 is 0 Å². The van der Waals surface area contributed by atoms with Crippen LogP contribution in [-0.2, 0) is 4.79 Å². The van der Waals surface area contributed by atoms with Crippen LogP contribution in [-0.4, -0.2) is 40.7 Å². The van der Waals surface area contributed by atoms with Crippen molar-refractivity contribution >= 4 is 23.6 Å². The molecule has 0 atom stereocenters. The third kappa shape index (κ3) is 3.47. The van der Waals surface area contributed by atoms with Gasteiger partial charge in [0.1, 0.15) is 5.82 Å². The third-order valence-corrected chi connectivity index (χ3v) is 4.00. The molecule has 0 aliphatic heterocycles. The molecule has 1 N–H and O–H groups in total. The van der Waals surface area contributed by atoms with E-state index in [4.69, 9.17) is 5.11 Å². The summed E-state index contributed by atoms with van der Waals surface area (Å²) in [7, 11) is 1.77. The molecule has 0 unspecified atom stereocenters. The van der Waals surface area contributed by atoms with Crippen molar-refractivity contribution in [2.45, 2.75) is 23.8 Å². The molecule has 0 bridgehead atoms. The van der Waals surface area contributed by atoms with Crippen LogP contribution in [0.15, 0.2) is 23.1 Å². The van der Waals surface area contributed by atoms with Crippen LogP contribution < -0.4 is 0 Å². The van der Waals surface area contributed by atoms with Crippen molar-refractivity contribution in [3.05, 3.63) is 29.6 Å². The van der Waals surface area contributed by atoms with E-state index in [0.717, 1.165) is 18.9 Å². The minimum atomic E-state index is -1.30. The molecule has 1 amide bonds. The van der Waals surface area contributed by atoms with Crippen LogP contribution in [0.4, 0.5) is 4.39 Å². The number of rotatable bonds is 5. The van der Waals surface area contributed by atoms with E-state index in [1.54, 1.807) is 11.9 Å². The first kappa shape index (κ1) is 13.9. The lowest BCUT2D eigenvalue weighted by atomic mass is 10.2. The van der Waals surface area contributed by atoms with E-state index in [0.29, 0.717) is 10.9 Å². The van der Waals surface area contributed by atoms with Gasteiger partial charge in [-0.25, -0.2) is 9.18 Å². The predicted octanol–water partition coefficient (Wildman–Crippen LogP) is 2.24. The maximum Gasteiger partial charge on any atom is 0.338 e. The standard InChI is InChI=1S/C13H14FNO3S/c1-15(8-2-3-8)12(16)7-19-9-4-5-11(14)10(6-9)13(17)18/h4-6,8H,2-3,7H2,1H3,(H,17,18). The second-order valence-corrected chi connectivity index (χ2v) is 5.52. The number of carboxylic acids is 1. The second kappa shape index (κ2) is 5.61. The van der Waals surface area contributed by atoms with Gasteiger partial charge in [0, 0.05) is 18.0 Å². The highest BCUT2D eigenvalue weighted by Crippen LogP contribution is 2.27. The molecule has 1 aliphatic carbocycles. The molecule has 19 heavy (non-hydrogen) atoms. The highest BCUT2D eigenvalue weighted by atomic mass is 32.2. The van der Waals surface area contributed by atoms with Gasteiger partial charge < -0.3 is 10.0 Å². The van der Waals surface area contributed by atoms with E-state index in [9.17, 15) is 14.0 Å². The maximum absolute atomic E-state index is 13.2. The van der Waals surface area contributed by atoms with Gasteiger partial charge in [-0.3, -0.25) is 4.79 Å².